The summed E-state index contributed by atoms with van der Waals surface area (Å²) in [5.74, 6) is -5.41. The van der Waals surface area contributed by atoms with Crippen LogP contribution in [0.5, 0.6) is 17.2 Å². The third-order valence-electron chi connectivity index (χ3n) is 6.47. The van der Waals surface area contributed by atoms with Gasteiger partial charge in [-0.3, -0.25) is 0 Å². The number of ether oxygens (including phenoxy) is 3. The molecule has 0 heterocycles. The second kappa shape index (κ2) is 14.3. The van der Waals surface area contributed by atoms with Crippen LogP contribution in [0.3, 0.4) is 0 Å². The number of carbonyl (C=O) groups is 1. The summed E-state index contributed by atoms with van der Waals surface area (Å²) in [6.07, 6.45) is 4.92. The van der Waals surface area contributed by atoms with E-state index in [1.165, 1.54) is 42.5 Å². The fraction of sp³-hybridized carbons (Fsp3) is 0.206. The van der Waals surface area contributed by atoms with E-state index in [0.717, 1.165) is 18.9 Å². The number of halogens is 4. The molecule has 4 rings (SSSR count). The number of unbranched alkanes of at least 4 members (excludes halogenated alkanes) is 2. The number of hydrogen-bond donors (Lipinski definition) is 0. The van der Waals surface area contributed by atoms with E-state index in [4.69, 9.17) is 14.2 Å². The maximum Gasteiger partial charge on any atom is 0.346 e. The molecule has 218 valence electrons. The van der Waals surface area contributed by atoms with Gasteiger partial charge < -0.3 is 14.2 Å². The van der Waals surface area contributed by atoms with Gasteiger partial charge in [0.15, 0.2) is 23.2 Å². The van der Waals surface area contributed by atoms with Crippen LogP contribution in [0, 0.1) is 23.3 Å². The summed E-state index contributed by atoms with van der Waals surface area (Å²) < 4.78 is 75.2. The maximum absolute atomic E-state index is 14.9. The average molecular weight is 579 g/mol. The Morgan fingerprint density at radius 1 is 0.690 bits per heavy atom. The van der Waals surface area contributed by atoms with Crippen molar-refractivity contribution < 1.29 is 36.6 Å². The normalized spacial score (nSPS) is 10.8. The molecule has 42 heavy (non-hydrogen) atoms. The van der Waals surface area contributed by atoms with Crippen molar-refractivity contribution in [3.63, 3.8) is 0 Å². The Morgan fingerprint density at radius 3 is 1.88 bits per heavy atom. The third kappa shape index (κ3) is 7.18. The van der Waals surface area contributed by atoms with Crippen LogP contribution in [0.25, 0.3) is 22.3 Å². The predicted octanol–water partition coefficient (Wildman–Crippen LogP) is 9.32. The van der Waals surface area contributed by atoms with E-state index in [2.05, 4.69) is 13.5 Å². The molecule has 4 aromatic rings. The molecule has 0 saturated carbocycles. The Bertz CT molecular complexity index is 1530. The van der Waals surface area contributed by atoms with E-state index in [1.54, 1.807) is 30.3 Å². The SMILES string of the molecule is C=CCCCOc1ccc(-c2ccc(OC(=O)c3ccc(-c4ccc(OCCCC)cc4)c(F)c3F)cc2)c(F)c1F. The zero-order chi connectivity index (χ0) is 30.1. The van der Waals surface area contributed by atoms with Crippen LogP contribution < -0.4 is 14.2 Å². The predicted molar refractivity (Wildman–Crippen MR) is 154 cm³/mol. The van der Waals surface area contributed by atoms with Gasteiger partial charge in [-0.1, -0.05) is 49.8 Å². The molecular formula is C34H30F4O4. The quantitative estimate of drug-likeness (QED) is 0.0521. The minimum absolute atomic E-state index is 0.00866. The number of benzene rings is 4. The van der Waals surface area contributed by atoms with Crippen molar-refractivity contribution in [2.24, 2.45) is 0 Å². The Kier molecular flexibility index (Phi) is 10.4. The molecule has 0 aliphatic rings. The molecule has 0 amide bonds. The minimum atomic E-state index is -1.35. The van der Waals surface area contributed by atoms with Crippen LogP contribution >= 0.6 is 0 Å². The van der Waals surface area contributed by atoms with Gasteiger partial charge in [-0.25, -0.2) is 18.0 Å². The molecule has 4 aromatic carbocycles. The number of esters is 1. The van der Waals surface area contributed by atoms with E-state index in [-0.39, 0.29) is 29.2 Å². The Balaban J connectivity index is 1.44. The molecule has 0 spiro atoms. The van der Waals surface area contributed by atoms with Crippen molar-refractivity contribution in [1.82, 2.24) is 0 Å². The minimum Gasteiger partial charge on any atom is -0.494 e. The van der Waals surface area contributed by atoms with Crippen molar-refractivity contribution in [2.75, 3.05) is 13.2 Å². The van der Waals surface area contributed by atoms with Gasteiger partial charge in [-0.15, -0.1) is 6.58 Å². The van der Waals surface area contributed by atoms with Crippen LogP contribution in [-0.4, -0.2) is 19.2 Å². The lowest BCUT2D eigenvalue weighted by Crippen LogP contribution is -2.12. The highest BCUT2D eigenvalue weighted by Crippen LogP contribution is 2.32. The molecule has 0 unspecified atom stereocenters. The number of carbonyl (C=O) groups excluding carboxylic acids is 1. The lowest BCUT2D eigenvalue weighted by atomic mass is 10.0. The lowest BCUT2D eigenvalue weighted by Gasteiger charge is -2.11. The van der Waals surface area contributed by atoms with E-state index in [1.807, 2.05) is 0 Å². The van der Waals surface area contributed by atoms with Crippen LogP contribution in [0.15, 0.2) is 85.5 Å². The van der Waals surface area contributed by atoms with E-state index in [0.29, 0.717) is 36.3 Å². The number of rotatable bonds is 13. The molecule has 0 radical (unpaired) electrons. The summed E-state index contributed by atoms with van der Waals surface area (Å²) in [6.45, 7) is 6.43. The fourth-order valence-electron chi connectivity index (χ4n) is 4.14. The Labute approximate surface area is 242 Å². The van der Waals surface area contributed by atoms with Crippen molar-refractivity contribution in [1.29, 1.82) is 0 Å². The summed E-state index contributed by atoms with van der Waals surface area (Å²) in [4.78, 5) is 12.6. The monoisotopic (exact) mass is 578 g/mol. The van der Waals surface area contributed by atoms with Crippen molar-refractivity contribution in [3.05, 3.63) is 114 Å². The van der Waals surface area contributed by atoms with Crippen LogP contribution in [0.4, 0.5) is 17.6 Å². The first kappa shape index (κ1) is 30.4. The summed E-state index contributed by atoms with van der Waals surface area (Å²) in [5, 5.41) is 0. The largest absolute Gasteiger partial charge is 0.494 e. The first-order valence-electron chi connectivity index (χ1n) is 13.6. The van der Waals surface area contributed by atoms with Crippen LogP contribution in [0.1, 0.15) is 43.0 Å². The lowest BCUT2D eigenvalue weighted by molar-refractivity contribution is 0.0728. The molecule has 8 heteroatoms. The molecule has 0 bridgehead atoms. The average Bonchev–Trinajstić information content (AvgIpc) is 3.00. The maximum atomic E-state index is 14.9. The molecule has 0 N–H and O–H groups in total. The summed E-state index contributed by atoms with van der Waals surface area (Å²) in [6, 6.07) is 17.3. The van der Waals surface area contributed by atoms with Gasteiger partial charge >= 0.3 is 5.97 Å². The second-order valence-corrected chi connectivity index (χ2v) is 9.45. The van der Waals surface area contributed by atoms with Gasteiger partial charge in [0.2, 0.25) is 5.82 Å². The van der Waals surface area contributed by atoms with Crippen molar-refractivity contribution >= 4 is 5.97 Å². The molecule has 0 saturated heterocycles. The molecular weight excluding hydrogens is 548 g/mol. The van der Waals surface area contributed by atoms with Gasteiger partial charge in [0.25, 0.3) is 0 Å². The summed E-state index contributed by atoms with van der Waals surface area (Å²) >= 11 is 0. The van der Waals surface area contributed by atoms with E-state index < -0.39 is 34.8 Å². The molecule has 0 atom stereocenters. The van der Waals surface area contributed by atoms with Gasteiger partial charge in [-0.05, 0) is 72.9 Å². The first-order chi connectivity index (χ1) is 20.3. The number of allylic oxidation sites excluding steroid dienone is 1. The van der Waals surface area contributed by atoms with E-state index in [9.17, 15) is 22.4 Å². The Hall–Kier alpha value is -4.59. The van der Waals surface area contributed by atoms with Crippen LogP contribution in [0.2, 0.25) is 0 Å². The zero-order valence-corrected chi connectivity index (χ0v) is 23.1. The zero-order valence-electron chi connectivity index (χ0n) is 23.1. The molecule has 4 nitrogen and oxygen atoms in total. The summed E-state index contributed by atoms with van der Waals surface area (Å²) in [7, 11) is 0. The highest BCUT2D eigenvalue weighted by molar-refractivity contribution is 5.92. The van der Waals surface area contributed by atoms with Crippen molar-refractivity contribution in [3.8, 4) is 39.5 Å². The number of hydrogen-bond acceptors (Lipinski definition) is 4. The van der Waals surface area contributed by atoms with E-state index >= 15 is 0 Å². The topological polar surface area (TPSA) is 44.8 Å². The molecule has 0 aromatic heterocycles. The van der Waals surface area contributed by atoms with Crippen molar-refractivity contribution in [2.45, 2.75) is 32.6 Å². The van der Waals surface area contributed by atoms with Crippen LogP contribution in [-0.2, 0) is 0 Å². The molecule has 0 fully saturated rings. The molecule has 0 aliphatic carbocycles. The van der Waals surface area contributed by atoms with Gasteiger partial charge in [-0.2, -0.15) is 4.39 Å². The smallest absolute Gasteiger partial charge is 0.346 e. The highest BCUT2D eigenvalue weighted by Gasteiger charge is 2.22. The first-order valence-corrected chi connectivity index (χ1v) is 13.6. The highest BCUT2D eigenvalue weighted by atomic mass is 19.2. The van der Waals surface area contributed by atoms with Gasteiger partial charge in [0.1, 0.15) is 11.5 Å². The summed E-state index contributed by atoms with van der Waals surface area (Å²) in [5.41, 5.74) is 0.106. The third-order valence-corrected chi connectivity index (χ3v) is 6.47. The second-order valence-electron chi connectivity index (χ2n) is 9.45. The Morgan fingerprint density at radius 2 is 1.26 bits per heavy atom. The fourth-order valence-corrected chi connectivity index (χ4v) is 4.14. The van der Waals surface area contributed by atoms with Gasteiger partial charge in [0.05, 0.1) is 18.8 Å². The molecule has 0 aliphatic heterocycles. The van der Waals surface area contributed by atoms with Gasteiger partial charge in [0, 0.05) is 11.1 Å². The standard InChI is InChI=1S/C34H30F4O4/c1-3-5-7-21-41-29-19-18-27(31(36)33(29)38)23-10-14-25(15-11-23)42-34(39)28-17-16-26(30(35)32(28)37)22-8-12-24(13-9-22)40-20-6-4-2/h3,8-19H,1,4-7,20-21H2,2H3.